The van der Waals surface area contributed by atoms with Gasteiger partial charge in [0.05, 0.1) is 0 Å². The standard InChI is InChI=1S/6C6H5.2CHF3O3S.2Bi.H2O/c6*1-2-4-6-5-3-1;2*2-1(3,4)8(5,6)7;;;/h6*1-5H;2*(H,5,6,7);;;1H2. The van der Waals surface area contributed by atoms with Gasteiger partial charge in [-0.1, -0.05) is 0 Å². The summed E-state index contributed by atoms with van der Waals surface area (Å²) in [4.78, 5) is 0. The Hall–Kier alpha value is -3.55. The zero-order valence-electron chi connectivity index (χ0n) is 28.3. The third-order valence-electron chi connectivity index (χ3n) is 6.67. The van der Waals surface area contributed by atoms with E-state index in [1.54, 1.807) is 0 Å². The van der Waals surface area contributed by atoms with Crippen LogP contribution in [0.25, 0.3) is 0 Å². The minimum atomic E-state index is -5.84. The van der Waals surface area contributed by atoms with Crippen LogP contribution < -0.4 is 19.6 Å². The van der Waals surface area contributed by atoms with E-state index in [9.17, 15) is 26.3 Å². The van der Waals surface area contributed by atoms with E-state index in [1.807, 2.05) is 0 Å². The average molecular weight is 1200 g/mol. The van der Waals surface area contributed by atoms with Crippen LogP contribution >= 0.6 is 0 Å². The quantitative estimate of drug-likeness (QED) is 0.110. The summed E-state index contributed by atoms with van der Waals surface area (Å²) in [5.41, 5.74) is -11.1. The molecule has 17 heteroatoms. The molecule has 6 aromatic carbocycles. The molecule has 0 radical (unpaired) electrons. The fraction of sp³-hybridized carbons (Fsp3) is 0.0526. The van der Waals surface area contributed by atoms with Crippen LogP contribution in [0, 0.1) is 0 Å². The third kappa shape index (κ3) is 15.8. The van der Waals surface area contributed by atoms with Crippen LogP contribution in [-0.2, 0) is 20.2 Å². The van der Waals surface area contributed by atoms with Crippen molar-refractivity contribution in [1.82, 2.24) is 0 Å². The van der Waals surface area contributed by atoms with Crippen LogP contribution in [0.5, 0.6) is 0 Å². The van der Waals surface area contributed by atoms with Crippen LogP contribution in [-0.4, -0.2) is 85.9 Å². The van der Waals surface area contributed by atoms with E-state index in [0.717, 1.165) is 0 Å². The molecule has 0 aliphatic rings. The van der Waals surface area contributed by atoms with Gasteiger partial charge in [-0.25, -0.2) is 0 Å². The van der Waals surface area contributed by atoms with Crippen molar-refractivity contribution in [3.05, 3.63) is 182 Å². The molecule has 0 saturated heterocycles. The van der Waals surface area contributed by atoms with Crippen molar-refractivity contribution in [3.8, 4) is 0 Å². The molecule has 6 rings (SSSR count). The summed E-state index contributed by atoms with van der Waals surface area (Å²) < 4.78 is 124. The van der Waals surface area contributed by atoms with E-state index in [2.05, 4.69) is 182 Å². The molecule has 4 N–H and O–H groups in total. The summed E-state index contributed by atoms with van der Waals surface area (Å²) in [6.07, 6.45) is 0. The molecule has 0 saturated carbocycles. The fourth-order valence-electron chi connectivity index (χ4n) is 4.36. The fourth-order valence-corrected chi connectivity index (χ4v) is 22.3. The molecule has 0 bridgehead atoms. The first-order valence-electron chi connectivity index (χ1n) is 15.4. The molecule has 0 aromatic heterocycles. The van der Waals surface area contributed by atoms with Gasteiger partial charge in [0.1, 0.15) is 0 Å². The third-order valence-corrected chi connectivity index (χ3v) is 26.8. The number of benzene rings is 6. The van der Waals surface area contributed by atoms with Crippen molar-refractivity contribution in [2.45, 2.75) is 11.0 Å². The van der Waals surface area contributed by atoms with E-state index in [0.29, 0.717) is 0 Å². The van der Waals surface area contributed by atoms with Gasteiger partial charge < -0.3 is 5.48 Å². The summed E-state index contributed by atoms with van der Waals surface area (Å²) in [6, 6.07) is 65.9. The Morgan fingerprint density at radius 1 is 0.327 bits per heavy atom. The second-order valence-electron chi connectivity index (χ2n) is 10.5. The van der Waals surface area contributed by atoms with Gasteiger partial charge in [-0.2, -0.15) is 43.2 Å². The summed E-state index contributed by atoms with van der Waals surface area (Å²) in [7, 11) is -11.7. The summed E-state index contributed by atoms with van der Waals surface area (Å²) in [6.45, 7) is 0. The zero-order valence-corrected chi connectivity index (χ0v) is 36.9. The molecule has 0 fully saturated rings. The van der Waals surface area contributed by atoms with E-state index in [4.69, 9.17) is 25.9 Å². The monoisotopic (exact) mass is 1200 g/mol. The molecule has 6 aromatic rings. The molecule has 0 aliphatic carbocycles. The van der Waals surface area contributed by atoms with Gasteiger partial charge in [0, 0.05) is 0 Å². The minimum absolute atomic E-state index is 0. The maximum atomic E-state index is 10.7. The molecule has 0 amide bonds. The predicted molar refractivity (Wildman–Crippen MR) is 207 cm³/mol. The van der Waals surface area contributed by atoms with Gasteiger partial charge in [0.25, 0.3) is 0 Å². The van der Waals surface area contributed by atoms with Crippen LogP contribution in [0.15, 0.2) is 182 Å². The second-order valence-corrected chi connectivity index (χ2v) is 30.6. The van der Waals surface area contributed by atoms with Crippen molar-refractivity contribution in [3.63, 3.8) is 0 Å². The zero-order chi connectivity index (χ0) is 39.8. The number of rotatable bonds is 6. The summed E-state index contributed by atoms with van der Waals surface area (Å²) >= 11 is -4.13. The topological polar surface area (TPSA) is 140 Å². The van der Waals surface area contributed by atoms with Crippen LogP contribution in [0.3, 0.4) is 0 Å². The van der Waals surface area contributed by atoms with E-state index < -0.39 is 74.8 Å². The second kappa shape index (κ2) is 22.3. The van der Waals surface area contributed by atoms with Crippen LogP contribution in [0.4, 0.5) is 26.3 Å². The van der Waals surface area contributed by atoms with E-state index in [-0.39, 0.29) is 5.48 Å². The predicted octanol–water partition coefficient (Wildman–Crippen LogP) is 4.37. The number of hydrogen-bond acceptors (Lipinski definition) is 4. The normalized spacial score (nSPS) is 11.4. The Morgan fingerprint density at radius 3 is 0.527 bits per heavy atom. The number of hydrogen-bond donors (Lipinski definition) is 2. The van der Waals surface area contributed by atoms with Gasteiger partial charge in [-0.15, -0.1) is 0 Å². The molecule has 0 atom stereocenters. The molecule has 55 heavy (non-hydrogen) atoms. The first-order valence-corrected chi connectivity index (χ1v) is 28.7. The van der Waals surface area contributed by atoms with Crippen molar-refractivity contribution in [2.75, 3.05) is 0 Å². The van der Waals surface area contributed by atoms with Crippen molar-refractivity contribution in [2.24, 2.45) is 0 Å². The number of halogens is 6. The van der Waals surface area contributed by atoms with Gasteiger partial charge in [0.2, 0.25) is 0 Å². The summed E-state index contributed by atoms with van der Waals surface area (Å²) in [5, 5.41) is 0. The molecular formula is C38H34Bi2F6O7S2. The van der Waals surface area contributed by atoms with Gasteiger partial charge in [-0.3, -0.25) is 9.11 Å². The van der Waals surface area contributed by atoms with E-state index in [1.165, 1.54) is 19.6 Å². The molecule has 7 nitrogen and oxygen atoms in total. The first-order chi connectivity index (χ1) is 25.4. The summed E-state index contributed by atoms with van der Waals surface area (Å²) in [5.74, 6) is 0. The first kappa shape index (κ1) is 47.6. The number of alkyl halides is 6. The van der Waals surface area contributed by atoms with Gasteiger partial charge in [0.15, 0.2) is 0 Å². The van der Waals surface area contributed by atoms with Crippen molar-refractivity contribution < 1.29 is 57.8 Å². The Labute approximate surface area is 331 Å². The van der Waals surface area contributed by atoms with Gasteiger partial charge in [-0.05, 0) is 0 Å². The Bertz CT molecular complexity index is 1840. The molecule has 0 spiro atoms. The Morgan fingerprint density at radius 2 is 0.436 bits per heavy atom. The molecule has 0 unspecified atom stereocenters. The average Bonchev–Trinajstić information content (AvgIpc) is 3.14. The van der Waals surface area contributed by atoms with Crippen molar-refractivity contribution in [1.29, 1.82) is 0 Å². The molecule has 0 aliphatic heterocycles. The van der Waals surface area contributed by atoms with Crippen LogP contribution in [0.2, 0.25) is 0 Å². The molecule has 292 valence electrons. The Balaban J connectivity index is 0.000000273. The molecular weight excluding hydrogens is 1160 g/mol. The van der Waals surface area contributed by atoms with E-state index >= 15 is 0 Å². The van der Waals surface area contributed by atoms with Gasteiger partial charge >= 0.3 is 276 Å². The van der Waals surface area contributed by atoms with Crippen molar-refractivity contribution >= 4 is 83.4 Å². The van der Waals surface area contributed by atoms with Crippen LogP contribution in [0.1, 0.15) is 0 Å². The SMILES string of the molecule is O.O=S(=O)(O)C(F)(F)F.O=S(=O)(O)C(F)(F)F.c1cc[c]([Bi]([c]2ccccc2)[c]2ccccc2)cc1.c1cc[c]([Bi]([c]2ccccc2)[c]2ccccc2)cc1. The molecule has 0 heterocycles. The Kier molecular flexibility index (Phi) is 19.3. The maximum absolute atomic E-state index is 10.7.